The van der Waals surface area contributed by atoms with Gasteiger partial charge in [0.15, 0.2) is 9.84 Å². The van der Waals surface area contributed by atoms with Gasteiger partial charge >= 0.3 is 0 Å². The molecule has 21 heavy (non-hydrogen) atoms. The summed E-state index contributed by atoms with van der Waals surface area (Å²) in [5, 5.41) is 11.6. The maximum atomic E-state index is 13.7. The molecule has 0 spiro atoms. The topological polar surface area (TPSA) is 82.8 Å². The molecule has 1 aromatic carbocycles. The van der Waals surface area contributed by atoms with Crippen LogP contribution in [-0.2, 0) is 16.4 Å². The first kappa shape index (κ1) is 14.9. The molecule has 1 aromatic heterocycles. The molecule has 0 bridgehead atoms. The largest absolute Gasteiger partial charge is 0.365 e. The van der Waals surface area contributed by atoms with Gasteiger partial charge in [-0.3, -0.25) is 0 Å². The molecule has 108 valence electrons. The third-order valence-electron chi connectivity index (χ3n) is 2.79. The summed E-state index contributed by atoms with van der Waals surface area (Å²) < 4.78 is 36.9. The van der Waals surface area contributed by atoms with Crippen LogP contribution in [0.4, 0.5) is 10.2 Å². The molecule has 0 radical (unpaired) electrons. The average molecular weight is 305 g/mol. The Hall–Kier alpha value is -2.46. The third-order valence-corrected chi connectivity index (χ3v) is 3.92. The van der Waals surface area contributed by atoms with Gasteiger partial charge in [0.2, 0.25) is 0 Å². The molecule has 0 fully saturated rings. The summed E-state index contributed by atoms with van der Waals surface area (Å²) >= 11 is 0. The van der Waals surface area contributed by atoms with Gasteiger partial charge in [0.1, 0.15) is 16.5 Å². The Kier molecular flexibility index (Phi) is 4.19. The van der Waals surface area contributed by atoms with Crippen molar-refractivity contribution in [1.29, 1.82) is 5.26 Å². The van der Waals surface area contributed by atoms with E-state index in [2.05, 4.69) is 10.3 Å². The van der Waals surface area contributed by atoms with Gasteiger partial charge in [-0.25, -0.2) is 17.8 Å². The molecule has 0 saturated heterocycles. The Morgan fingerprint density at radius 1 is 1.38 bits per heavy atom. The zero-order chi connectivity index (χ0) is 15.5. The number of nitriles is 1. The first-order valence-electron chi connectivity index (χ1n) is 5.99. The van der Waals surface area contributed by atoms with Crippen LogP contribution < -0.4 is 5.32 Å². The van der Waals surface area contributed by atoms with E-state index in [0.717, 1.165) is 6.26 Å². The summed E-state index contributed by atoms with van der Waals surface area (Å²) in [5.74, 6) is -0.319. The fourth-order valence-corrected chi connectivity index (χ4v) is 2.58. The molecule has 0 saturated carbocycles. The maximum absolute atomic E-state index is 13.7. The number of hydrogen-bond acceptors (Lipinski definition) is 5. The zero-order valence-corrected chi connectivity index (χ0v) is 12.0. The van der Waals surface area contributed by atoms with Crippen molar-refractivity contribution in [3.05, 3.63) is 53.5 Å². The van der Waals surface area contributed by atoms with Crippen LogP contribution in [0.1, 0.15) is 11.1 Å². The van der Waals surface area contributed by atoms with Crippen molar-refractivity contribution in [2.45, 2.75) is 11.4 Å². The maximum Gasteiger partial charge on any atom is 0.179 e. The predicted molar refractivity (Wildman–Crippen MR) is 75.8 cm³/mol. The van der Waals surface area contributed by atoms with Crippen molar-refractivity contribution < 1.29 is 12.8 Å². The summed E-state index contributed by atoms with van der Waals surface area (Å²) in [6.45, 7) is 0.0287. The van der Waals surface area contributed by atoms with E-state index in [-0.39, 0.29) is 22.8 Å². The van der Waals surface area contributed by atoms with Gasteiger partial charge in [0.25, 0.3) is 0 Å². The van der Waals surface area contributed by atoms with Crippen molar-refractivity contribution in [1.82, 2.24) is 4.98 Å². The number of benzene rings is 1. The Balaban J connectivity index is 2.28. The molecule has 0 aliphatic carbocycles. The predicted octanol–water partition coefficient (Wildman–Crippen LogP) is 2.11. The Morgan fingerprint density at radius 3 is 2.81 bits per heavy atom. The second kappa shape index (κ2) is 5.89. The quantitative estimate of drug-likeness (QED) is 0.935. The lowest BCUT2D eigenvalue weighted by atomic mass is 10.1. The van der Waals surface area contributed by atoms with Crippen molar-refractivity contribution in [2.75, 3.05) is 11.6 Å². The van der Waals surface area contributed by atoms with Gasteiger partial charge in [-0.1, -0.05) is 0 Å². The lowest BCUT2D eigenvalue weighted by molar-refractivity contribution is 0.601. The molecule has 0 aliphatic rings. The number of pyridine rings is 1. The molecule has 0 amide bonds. The van der Waals surface area contributed by atoms with E-state index in [1.165, 1.54) is 36.5 Å². The number of rotatable bonds is 4. The number of halogens is 1. The molecular weight excluding hydrogens is 293 g/mol. The van der Waals surface area contributed by atoms with Crippen LogP contribution in [0.25, 0.3) is 0 Å². The van der Waals surface area contributed by atoms with E-state index in [1.54, 1.807) is 0 Å². The molecule has 1 N–H and O–H groups in total. The van der Waals surface area contributed by atoms with Gasteiger partial charge in [-0.05, 0) is 30.3 Å². The molecule has 1 heterocycles. The second-order valence-electron chi connectivity index (χ2n) is 4.39. The van der Waals surface area contributed by atoms with Gasteiger partial charge in [0, 0.05) is 24.6 Å². The second-order valence-corrected chi connectivity index (χ2v) is 6.38. The molecule has 2 aromatic rings. The minimum absolute atomic E-state index is 0.0287. The fourth-order valence-electron chi connectivity index (χ4n) is 1.78. The Labute approximate surface area is 122 Å². The summed E-state index contributed by atoms with van der Waals surface area (Å²) in [5.41, 5.74) is 0.594. The first-order chi connectivity index (χ1) is 9.91. The number of nitrogens with one attached hydrogen (secondary N) is 1. The van der Waals surface area contributed by atoms with Gasteiger partial charge in [0.05, 0.1) is 11.6 Å². The van der Waals surface area contributed by atoms with Gasteiger partial charge in [-0.15, -0.1) is 0 Å². The van der Waals surface area contributed by atoms with Crippen LogP contribution in [0.15, 0.2) is 41.4 Å². The van der Waals surface area contributed by atoms with Crippen molar-refractivity contribution in [2.24, 2.45) is 0 Å². The summed E-state index contributed by atoms with van der Waals surface area (Å²) in [7, 11) is -3.43. The Bertz CT molecular complexity index is 813. The van der Waals surface area contributed by atoms with Crippen LogP contribution in [0.3, 0.4) is 0 Å². The average Bonchev–Trinajstić information content (AvgIpc) is 2.46. The first-order valence-corrected chi connectivity index (χ1v) is 7.88. The highest BCUT2D eigenvalue weighted by Gasteiger charge is 2.14. The molecule has 0 unspecified atom stereocenters. The molecule has 5 nitrogen and oxygen atoms in total. The van der Waals surface area contributed by atoms with Crippen LogP contribution in [-0.4, -0.2) is 19.7 Å². The number of hydrogen-bond donors (Lipinski definition) is 1. The number of aromatic nitrogens is 1. The molecule has 0 aliphatic heterocycles. The van der Waals surface area contributed by atoms with Crippen LogP contribution >= 0.6 is 0 Å². The molecule has 2 rings (SSSR count). The van der Waals surface area contributed by atoms with E-state index in [9.17, 15) is 12.8 Å². The SMILES string of the molecule is CS(=O)(=O)c1cccnc1NCc1cc(C#N)ccc1F. The lowest BCUT2D eigenvalue weighted by Gasteiger charge is -2.10. The van der Waals surface area contributed by atoms with Crippen molar-refractivity contribution >= 4 is 15.7 Å². The van der Waals surface area contributed by atoms with E-state index < -0.39 is 15.7 Å². The highest BCUT2D eigenvalue weighted by atomic mass is 32.2. The lowest BCUT2D eigenvalue weighted by Crippen LogP contribution is -2.09. The Morgan fingerprint density at radius 2 is 2.14 bits per heavy atom. The van der Waals surface area contributed by atoms with Crippen molar-refractivity contribution in [3.63, 3.8) is 0 Å². The third kappa shape index (κ3) is 3.55. The van der Waals surface area contributed by atoms with Gasteiger partial charge in [-0.2, -0.15) is 5.26 Å². The summed E-state index contributed by atoms with van der Waals surface area (Å²) in [6, 6.07) is 8.84. The minimum Gasteiger partial charge on any atom is -0.365 e. The fraction of sp³-hybridized carbons (Fsp3) is 0.143. The number of anilines is 1. The summed E-state index contributed by atoms with van der Waals surface area (Å²) in [6.07, 6.45) is 2.52. The van der Waals surface area contributed by atoms with Gasteiger partial charge < -0.3 is 5.32 Å². The highest BCUT2D eigenvalue weighted by molar-refractivity contribution is 7.90. The van der Waals surface area contributed by atoms with E-state index >= 15 is 0 Å². The molecular formula is C14H12FN3O2S. The number of sulfone groups is 1. The monoisotopic (exact) mass is 305 g/mol. The number of nitrogens with zero attached hydrogens (tertiary/aromatic N) is 2. The van der Waals surface area contributed by atoms with Crippen LogP contribution in [0.5, 0.6) is 0 Å². The highest BCUT2D eigenvalue weighted by Crippen LogP contribution is 2.19. The standard InChI is InChI=1S/C14H12FN3O2S/c1-21(19,20)13-3-2-6-17-14(13)18-9-11-7-10(8-16)4-5-12(11)15/h2-7H,9H2,1H3,(H,17,18). The van der Waals surface area contributed by atoms with Crippen molar-refractivity contribution in [3.8, 4) is 6.07 Å². The molecule has 0 atom stereocenters. The van der Waals surface area contributed by atoms with Crippen LogP contribution in [0.2, 0.25) is 0 Å². The summed E-state index contributed by atoms with van der Waals surface area (Å²) in [4.78, 5) is 4.00. The van der Waals surface area contributed by atoms with E-state index in [0.29, 0.717) is 5.56 Å². The smallest absolute Gasteiger partial charge is 0.179 e. The van der Waals surface area contributed by atoms with E-state index in [1.807, 2.05) is 6.07 Å². The van der Waals surface area contributed by atoms with E-state index in [4.69, 9.17) is 5.26 Å². The molecule has 7 heteroatoms. The van der Waals surface area contributed by atoms with Crippen LogP contribution in [0, 0.1) is 17.1 Å². The normalized spacial score (nSPS) is 10.9. The minimum atomic E-state index is -3.43. The zero-order valence-electron chi connectivity index (χ0n) is 11.2.